The molecule has 1 unspecified atom stereocenters. The molecule has 0 aliphatic rings. The molecule has 0 fully saturated rings. The first kappa shape index (κ1) is 19.9. The minimum Gasteiger partial charge on any atom is -0.484 e. The van der Waals surface area contributed by atoms with Gasteiger partial charge in [-0.3, -0.25) is 0 Å². The van der Waals surface area contributed by atoms with E-state index in [1.165, 1.54) is 22.3 Å². The van der Waals surface area contributed by atoms with Gasteiger partial charge in [-0.25, -0.2) is 0 Å². The summed E-state index contributed by atoms with van der Waals surface area (Å²) in [5.41, 5.74) is 5.05. The number of ether oxygens (including phenoxy) is 1. The van der Waals surface area contributed by atoms with Crippen LogP contribution in [0.4, 0.5) is 0 Å². The van der Waals surface area contributed by atoms with Crippen LogP contribution in [0.25, 0.3) is 11.1 Å². The molecule has 0 amide bonds. The first-order valence-corrected chi connectivity index (χ1v) is 9.89. The van der Waals surface area contributed by atoms with Crippen molar-refractivity contribution < 1.29 is 4.74 Å². The molecule has 0 aliphatic carbocycles. The predicted octanol–water partition coefficient (Wildman–Crippen LogP) is 6.02. The molecule has 3 aromatic rings. The van der Waals surface area contributed by atoms with Gasteiger partial charge in [-0.05, 0) is 49.3 Å². The molecule has 0 saturated heterocycles. The second kappa shape index (κ2) is 9.91. The Balaban J connectivity index is 2.15. The molecule has 2 nitrogen and oxygen atoms in total. The van der Waals surface area contributed by atoms with E-state index in [4.69, 9.17) is 4.74 Å². The molecule has 0 heterocycles. The first-order chi connectivity index (χ1) is 13.7. The van der Waals surface area contributed by atoms with Gasteiger partial charge >= 0.3 is 0 Å². The molecule has 0 bridgehead atoms. The second-order valence-electron chi connectivity index (χ2n) is 7.16. The van der Waals surface area contributed by atoms with Crippen LogP contribution in [-0.2, 0) is 0 Å². The van der Waals surface area contributed by atoms with Gasteiger partial charge in [0, 0.05) is 12.1 Å². The van der Waals surface area contributed by atoms with E-state index in [1.54, 1.807) is 0 Å². The van der Waals surface area contributed by atoms with Crippen molar-refractivity contribution in [3.05, 3.63) is 102 Å². The summed E-state index contributed by atoms with van der Waals surface area (Å²) in [6.07, 6.45) is 0.867. The Morgan fingerprint density at radius 1 is 0.750 bits per heavy atom. The number of likely N-dealkylation sites (N-methyl/N-ethyl adjacent to an activating group) is 1. The molecular formula is C26H29NO. The van der Waals surface area contributed by atoms with Gasteiger partial charge in [-0.1, -0.05) is 85.8 Å². The lowest BCUT2D eigenvalue weighted by Gasteiger charge is -2.28. The van der Waals surface area contributed by atoms with Gasteiger partial charge in [-0.15, -0.1) is 0 Å². The molecule has 3 rings (SSSR count). The van der Waals surface area contributed by atoms with E-state index in [0.29, 0.717) is 0 Å². The van der Waals surface area contributed by atoms with Crippen molar-refractivity contribution in [3.63, 3.8) is 0 Å². The maximum atomic E-state index is 6.55. The average molecular weight is 372 g/mol. The van der Waals surface area contributed by atoms with Crippen LogP contribution >= 0.6 is 0 Å². The minimum absolute atomic E-state index is 0.0741. The summed E-state index contributed by atoms with van der Waals surface area (Å²) < 4.78 is 6.55. The minimum atomic E-state index is -0.0741. The Bertz CT molecular complexity index is 870. The third-order valence-electron chi connectivity index (χ3n) is 4.76. The van der Waals surface area contributed by atoms with Crippen molar-refractivity contribution in [1.29, 1.82) is 0 Å². The topological polar surface area (TPSA) is 12.5 Å². The van der Waals surface area contributed by atoms with Crippen molar-refractivity contribution in [1.82, 2.24) is 4.90 Å². The second-order valence-corrected chi connectivity index (χ2v) is 7.16. The van der Waals surface area contributed by atoms with Gasteiger partial charge in [0.2, 0.25) is 0 Å². The molecule has 0 aliphatic heterocycles. The Labute approximate surface area is 169 Å². The molecule has 144 valence electrons. The zero-order valence-electron chi connectivity index (χ0n) is 17.0. The zero-order chi connectivity index (χ0) is 19.8. The van der Waals surface area contributed by atoms with Crippen LogP contribution in [0.15, 0.2) is 91.0 Å². The van der Waals surface area contributed by atoms with E-state index in [9.17, 15) is 0 Å². The zero-order valence-corrected chi connectivity index (χ0v) is 17.0. The summed E-state index contributed by atoms with van der Waals surface area (Å²) in [7, 11) is 4.19. The monoisotopic (exact) mass is 371 g/mol. The van der Waals surface area contributed by atoms with E-state index in [2.05, 4.69) is 86.6 Å². The molecule has 2 heteroatoms. The van der Waals surface area contributed by atoms with Crippen LogP contribution in [0.1, 0.15) is 24.5 Å². The average Bonchev–Trinajstić information content (AvgIpc) is 2.73. The molecule has 0 spiro atoms. The molecular weight excluding hydrogens is 342 g/mol. The van der Waals surface area contributed by atoms with Crippen LogP contribution in [0, 0.1) is 0 Å². The lowest BCUT2D eigenvalue weighted by molar-refractivity contribution is 0.208. The van der Waals surface area contributed by atoms with E-state index >= 15 is 0 Å². The van der Waals surface area contributed by atoms with Crippen LogP contribution in [-0.4, -0.2) is 31.6 Å². The Hall–Kier alpha value is -2.84. The largest absolute Gasteiger partial charge is 0.484 e. The summed E-state index contributed by atoms with van der Waals surface area (Å²) in [5, 5.41) is 0. The third-order valence-corrected chi connectivity index (χ3v) is 4.76. The highest BCUT2D eigenvalue weighted by molar-refractivity contribution is 5.92. The van der Waals surface area contributed by atoms with Crippen molar-refractivity contribution >= 4 is 11.1 Å². The fourth-order valence-electron chi connectivity index (χ4n) is 3.54. The number of para-hydroxylation sites is 1. The van der Waals surface area contributed by atoms with Crippen LogP contribution in [0.3, 0.4) is 0 Å². The summed E-state index contributed by atoms with van der Waals surface area (Å²) in [4.78, 5) is 2.19. The van der Waals surface area contributed by atoms with Gasteiger partial charge in [0.25, 0.3) is 0 Å². The van der Waals surface area contributed by atoms with Crippen molar-refractivity contribution in [2.75, 3.05) is 20.6 Å². The van der Waals surface area contributed by atoms with E-state index in [-0.39, 0.29) is 6.10 Å². The highest BCUT2D eigenvalue weighted by Crippen LogP contribution is 2.33. The van der Waals surface area contributed by atoms with Crippen LogP contribution in [0.2, 0.25) is 0 Å². The highest BCUT2D eigenvalue weighted by atomic mass is 16.5. The smallest absolute Gasteiger partial charge is 0.137 e. The number of allylic oxidation sites excluding steroid dienone is 1. The number of hydrogen-bond acceptors (Lipinski definition) is 2. The van der Waals surface area contributed by atoms with Gasteiger partial charge in [-0.2, -0.15) is 0 Å². The Morgan fingerprint density at radius 2 is 1.25 bits per heavy atom. The lowest BCUT2D eigenvalue weighted by Crippen LogP contribution is -2.32. The maximum absolute atomic E-state index is 6.55. The number of benzene rings is 3. The standard InChI is InChI=1S/C26H29NO/c1-4-24(21-14-8-5-9-15-21)26(22-16-10-6-11-17-22)25(20-27(2)3)28-23-18-12-7-13-19-23/h5-19,25H,4,20H2,1-3H3. The SMILES string of the molecule is CCC(=C(c1ccccc1)C(CN(C)C)Oc1ccccc1)c1ccccc1. The van der Waals surface area contributed by atoms with E-state index in [1.807, 2.05) is 30.3 Å². The molecule has 0 saturated carbocycles. The number of hydrogen-bond donors (Lipinski definition) is 0. The Kier molecular flexibility index (Phi) is 7.05. The first-order valence-electron chi connectivity index (χ1n) is 9.89. The Morgan fingerprint density at radius 3 is 1.75 bits per heavy atom. The van der Waals surface area contributed by atoms with Crippen molar-refractivity contribution in [2.24, 2.45) is 0 Å². The van der Waals surface area contributed by atoms with Crippen molar-refractivity contribution in [3.8, 4) is 5.75 Å². The summed E-state index contributed by atoms with van der Waals surface area (Å²) in [5.74, 6) is 0.895. The number of nitrogens with zero attached hydrogens (tertiary/aromatic N) is 1. The maximum Gasteiger partial charge on any atom is 0.137 e. The van der Waals surface area contributed by atoms with E-state index in [0.717, 1.165) is 18.7 Å². The van der Waals surface area contributed by atoms with Crippen LogP contribution < -0.4 is 4.74 Å². The predicted molar refractivity (Wildman–Crippen MR) is 119 cm³/mol. The fraction of sp³-hybridized carbons (Fsp3) is 0.231. The van der Waals surface area contributed by atoms with Crippen molar-refractivity contribution in [2.45, 2.75) is 19.4 Å². The van der Waals surface area contributed by atoms with Gasteiger partial charge in [0.1, 0.15) is 11.9 Å². The molecule has 3 aromatic carbocycles. The number of rotatable bonds is 8. The normalized spacial score (nSPS) is 13.1. The summed E-state index contributed by atoms with van der Waals surface area (Å²) >= 11 is 0. The van der Waals surface area contributed by atoms with Gasteiger partial charge < -0.3 is 9.64 Å². The summed E-state index contributed by atoms with van der Waals surface area (Å²) in [6.45, 7) is 3.02. The lowest BCUT2D eigenvalue weighted by atomic mass is 9.89. The third kappa shape index (κ3) is 5.11. The quantitative estimate of drug-likeness (QED) is 0.449. The molecule has 0 N–H and O–H groups in total. The highest BCUT2D eigenvalue weighted by Gasteiger charge is 2.23. The summed E-state index contributed by atoms with van der Waals surface area (Å²) in [6, 6.07) is 31.4. The van der Waals surface area contributed by atoms with Crippen LogP contribution in [0.5, 0.6) is 5.75 Å². The van der Waals surface area contributed by atoms with E-state index < -0.39 is 0 Å². The van der Waals surface area contributed by atoms with Gasteiger partial charge in [0.15, 0.2) is 0 Å². The fourth-order valence-corrected chi connectivity index (χ4v) is 3.54. The molecule has 0 radical (unpaired) electrons. The van der Waals surface area contributed by atoms with Gasteiger partial charge in [0.05, 0.1) is 0 Å². The molecule has 0 aromatic heterocycles. The molecule has 28 heavy (non-hydrogen) atoms. The molecule has 1 atom stereocenters.